The second kappa shape index (κ2) is 5.31. The van der Waals surface area contributed by atoms with Gasteiger partial charge in [0.15, 0.2) is 0 Å². The van der Waals surface area contributed by atoms with Crippen molar-refractivity contribution in [1.82, 2.24) is 25.4 Å². The molecule has 7 heteroatoms. The van der Waals surface area contributed by atoms with Gasteiger partial charge >= 0.3 is 0 Å². The van der Waals surface area contributed by atoms with Crippen molar-refractivity contribution in [2.24, 2.45) is 0 Å². The molecule has 0 saturated carbocycles. The average molecular weight is 261 g/mol. The first-order valence-electron chi connectivity index (χ1n) is 6.27. The summed E-state index contributed by atoms with van der Waals surface area (Å²) >= 11 is 0. The topological polar surface area (TPSA) is 86.0 Å². The van der Waals surface area contributed by atoms with Crippen molar-refractivity contribution >= 4 is 0 Å². The van der Waals surface area contributed by atoms with Gasteiger partial charge in [-0.1, -0.05) is 5.16 Å². The minimum absolute atomic E-state index is 0.290. The molecule has 0 unspecified atom stereocenters. The minimum Gasteiger partial charge on any atom is -0.481 e. The van der Waals surface area contributed by atoms with E-state index in [-0.39, 0.29) is 0 Å². The van der Waals surface area contributed by atoms with Crippen molar-refractivity contribution in [2.45, 2.75) is 18.8 Å². The fourth-order valence-electron chi connectivity index (χ4n) is 2.14. The highest BCUT2D eigenvalue weighted by Gasteiger charge is 2.22. The zero-order valence-electron chi connectivity index (χ0n) is 10.7. The van der Waals surface area contributed by atoms with Crippen LogP contribution in [0.15, 0.2) is 16.9 Å². The molecule has 0 spiro atoms. The molecule has 2 aromatic rings. The molecule has 0 radical (unpaired) electrons. The Balaban J connectivity index is 1.83. The number of hydrogen-bond donors (Lipinski definition) is 1. The molecule has 2 aromatic heterocycles. The van der Waals surface area contributed by atoms with Crippen LogP contribution in [-0.4, -0.2) is 40.3 Å². The Morgan fingerprint density at radius 3 is 3.16 bits per heavy atom. The summed E-state index contributed by atoms with van der Waals surface area (Å²) in [5.74, 6) is 1.91. The first-order valence-corrected chi connectivity index (χ1v) is 6.27. The molecule has 3 rings (SSSR count). The molecule has 1 saturated heterocycles. The lowest BCUT2D eigenvalue weighted by molar-refractivity contribution is 0.322. The third-order valence-electron chi connectivity index (χ3n) is 3.17. The molecule has 19 heavy (non-hydrogen) atoms. The molecule has 7 nitrogen and oxygen atoms in total. The van der Waals surface area contributed by atoms with Crippen LogP contribution in [-0.2, 0) is 0 Å². The number of ether oxygens (including phenoxy) is 1. The molecule has 1 N–H and O–H groups in total. The summed E-state index contributed by atoms with van der Waals surface area (Å²) in [5.41, 5.74) is 0.602. The standard InChI is InChI=1S/C12H15N5O2/c1-18-10-5-9(14-7-15-10)11-16-12(19-17-11)8-3-2-4-13-6-8/h5,7-8,13H,2-4,6H2,1H3/t8-/m0/s1. The molecule has 0 amide bonds. The smallest absolute Gasteiger partial charge is 0.231 e. The van der Waals surface area contributed by atoms with E-state index in [2.05, 4.69) is 25.4 Å². The molecule has 3 heterocycles. The van der Waals surface area contributed by atoms with Crippen molar-refractivity contribution in [3.63, 3.8) is 0 Å². The van der Waals surface area contributed by atoms with Gasteiger partial charge in [-0.05, 0) is 19.4 Å². The van der Waals surface area contributed by atoms with Gasteiger partial charge in [0, 0.05) is 12.6 Å². The van der Waals surface area contributed by atoms with Crippen LogP contribution in [0, 0.1) is 0 Å². The second-order valence-corrected chi connectivity index (χ2v) is 4.45. The second-order valence-electron chi connectivity index (χ2n) is 4.45. The van der Waals surface area contributed by atoms with Gasteiger partial charge in [0.05, 0.1) is 13.0 Å². The molecule has 1 aliphatic heterocycles. The highest BCUT2D eigenvalue weighted by Crippen LogP contribution is 2.24. The van der Waals surface area contributed by atoms with Gasteiger partial charge in [0.1, 0.15) is 12.0 Å². The van der Waals surface area contributed by atoms with Crippen LogP contribution in [0.25, 0.3) is 11.5 Å². The summed E-state index contributed by atoms with van der Waals surface area (Å²) in [5, 5.41) is 7.30. The molecular weight excluding hydrogens is 246 g/mol. The number of piperidine rings is 1. The van der Waals surface area contributed by atoms with E-state index in [1.54, 1.807) is 13.2 Å². The summed E-state index contributed by atoms with van der Waals surface area (Å²) in [6.07, 6.45) is 3.62. The number of nitrogens with zero attached hydrogens (tertiary/aromatic N) is 4. The van der Waals surface area contributed by atoms with Crippen molar-refractivity contribution in [3.8, 4) is 17.4 Å². The van der Waals surface area contributed by atoms with E-state index in [0.717, 1.165) is 25.9 Å². The third-order valence-corrected chi connectivity index (χ3v) is 3.17. The Labute approximate surface area is 110 Å². The molecular formula is C12H15N5O2. The van der Waals surface area contributed by atoms with Gasteiger partial charge in [0.2, 0.25) is 17.6 Å². The van der Waals surface area contributed by atoms with E-state index in [1.807, 2.05) is 0 Å². The molecule has 0 aliphatic carbocycles. The number of methoxy groups -OCH3 is 1. The maximum absolute atomic E-state index is 5.33. The van der Waals surface area contributed by atoms with Gasteiger partial charge in [-0.25, -0.2) is 9.97 Å². The summed E-state index contributed by atoms with van der Waals surface area (Å²) in [4.78, 5) is 12.5. The number of aromatic nitrogens is 4. The summed E-state index contributed by atoms with van der Waals surface area (Å²) < 4.78 is 10.4. The first-order chi connectivity index (χ1) is 9.36. The quantitative estimate of drug-likeness (QED) is 0.882. The van der Waals surface area contributed by atoms with Gasteiger partial charge in [-0.15, -0.1) is 0 Å². The zero-order chi connectivity index (χ0) is 13.1. The lowest BCUT2D eigenvalue weighted by Gasteiger charge is -2.18. The maximum atomic E-state index is 5.33. The molecule has 0 bridgehead atoms. The van der Waals surface area contributed by atoms with Crippen LogP contribution in [0.4, 0.5) is 0 Å². The lowest BCUT2D eigenvalue weighted by Crippen LogP contribution is -2.28. The molecule has 0 aromatic carbocycles. The van der Waals surface area contributed by atoms with Crippen LogP contribution < -0.4 is 10.1 Å². The highest BCUT2D eigenvalue weighted by atomic mass is 16.5. The zero-order valence-corrected chi connectivity index (χ0v) is 10.7. The number of rotatable bonds is 3. The molecule has 1 fully saturated rings. The molecule has 1 aliphatic rings. The average Bonchev–Trinajstić information content (AvgIpc) is 2.98. The summed E-state index contributed by atoms with van der Waals surface area (Å²) in [7, 11) is 1.56. The molecule has 1 atom stereocenters. The van der Waals surface area contributed by atoms with Crippen LogP contribution in [0.3, 0.4) is 0 Å². The van der Waals surface area contributed by atoms with Crippen molar-refractivity contribution in [1.29, 1.82) is 0 Å². The fraction of sp³-hybridized carbons (Fsp3) is 0.500. The summed E-state index contributed by atoms with van der Waals surface area (Å²) in [6, 6.07) is 1.69. The van der Waals surface area contributed by atoms with E-state index in [9.17, 15) is 0 Å². The van der Waals surface area contributed by atoms with Gasteiger partial charge < -0.3 is 14.6 Å². The largest absolute Gasteiger partial charge is 0.481 e. The summed E-state index contributed by atoms with van der Waals surface area (Å²) in [6.45, 7) is 1.94. The van der Waals surface area contributed by atoms with E-state index < -0.39 is 0 Å². The Kier molecular flexibility index (Phi) is 3.37. The Morgan fingerprint density at radius 2 is 2.37 bits per heavy atom. The molecule has 100 valence electrons. The Morgan fingerprint density at radius 1 is 1.42 bits per heavy atom. The van der Waals surface area contributed by atoms with Crippen molar-refractivity contribution in [3.05, 3.63) is 18.3 Å². The van der Waals surface area contributed by atoms with Crippen LogP contribution in [0.1, 0.15) is 24.7 Å². The third kappa shape index (κ3) is 2.55. The van der Waals surface area contributed by atoms with Crippen LogP contribution in [0.2, 0.25) is 0 Å². The number of nitrogens with one attached hydrogen (secondary N) is 1. The fourth-order valence-corrected chi connectivity index (χ4v) is 2.14. The van der Waals surface area contributed by atoms with Crippen LogP contribution in [0.5, 0.6) is 5.88 Å². The predicted molar refractivity (Wildman–Crippen MR) is 66.7 cm³/mol. The minimum atomic E-state index is 0.290. The Hall–Kier alpha value is -2.02. The predicted octanol–water partition coefficient (Wildman–Crippen LogP) is 1.00. The van der Waals surface area contributed by atoms with E-state index in [0.29, 0.717) is 29.2 Å². The van der Waals surface area contributed by atoms with E-state index in [4.69, 9.17) is 9.26 Å². The van der Waals surface area contributed by atoms with Gasteiger partial charge in [-0.2, -0.15) is 4.98 Å². The van der Waals surface area contributed by atoms with E-state index >= 15 is 0 Å². The number of hydrogen-bond acceptors (Lipinski definition) is 7. The first kappa shape index (κ1) is 12.0. The van der Waals surface area contributed by atoms with Crippen LogP contribution >= 0.6 is 0 Å². The van der Waals surface area contributed by atoms with Gasteiger partial charge in [-0.3, -0.25) is 0 Å². The van der Waals surface area contributed by atoms with Crippen molar-refractivity contribution in [2.75, 3.05) is 20.2 Å². The SMILES string of the molecule is COc1cc(-c2noc([C@H]3CCCNC3)n2)ncn1. The normalized spacial score (nSPS) is 19.3. The van der Waals surface area contributed by atoms with Crippen molar-refractivity contribution < 1.29 is 9.26 Å². The van der Waals surface area contributed by atoms with Gasteiger partial charge in [0.25, 0.3) is 0 Å². The highest BCUT2D eigenvalue weighted by molar-refractivity contribution is 5.49. The monoisotopic (exact) mass is 261 g/mol. The Bertz CT molecular complexity index is 551. The maximum Gasteiger partial charge on any atom is 0.231 e. The lowest BCUT2D eigenvalue weighted by atomic mass is 10.00. The van der Waals surface area contributed by atoms with E-state index in [1.165, 1.54) is 6.33 Å².